The summed E-state index contributed by atoms with van der Waals surface area (Å²) in [7, 11) is -1.84. The maximum absolute atomic E-state index is 12.9. The summed E-state index contributed by atoms with van der Waals surface area (Å²) in [6, 6.07) is 6.42. The van der Waals surface area contributed by atoms with Gasteiger partial charge in [0.1, 0.15) is 0 Å². The fourth-order valence-corrected chi connectivity index (χ4v) is 5.76. The first-order valence-corrected chi connectivity index (χ1v) is 12.3. The Bertz CT molecular complexity index is 788. The van der Waals surface area contributed by atoms with Gasteiger partial charge in [-0.15, -0.1) is 0 Å². The second kappa shape index (κ2) is 10.7. The van der Waals surface area contributed by atoms with E-state index in [1.807, 2.05) is 4.90 Å². The first kappa shape index (κ1) is 23.2. The quantitative estimate of drug-likeness (QED) is 0.583. The van der Waals surface area contributed by atoms with E-state index in [1.165, 1.54) is 0 Å². The largest absolute Gasteiger partial charge is 0.382 e. The van der Waals surface area contributed by atoms with Crippen LogP contribution in [-0.4, -0.2) is 76.6 Å². The molecule has 0 saturated carbocycles. The number of benzene rings is 1. The Morgan fingerprint density at radius 3 is 2.40 bits per heavy atom. The van der Waals surface area contributed by atoms with E-state index in [2.05, 4.69) is 6.92 Å². The van der Waals surface area contributed by atoms with Crippen LogP contribution in [0, 0.1) is 11.8 Å². The Hall–Kier alpha value is -1.48. The van der Waals surface area contributed by atoms with E-state index in [0.29, 0.717) is 63.4 Å². The highest BCUT2D eigenvalue weighted by atomic mass is 32.2. The molecule has 0 aliphatic carbocycles. The highest BCUT2D eigenvalue weighted by molar-refractivity contribution is 7.89. The molecule has 2 aliphatic heterocycles. The van der Waals surface area contributed by atoms with Gasteiger partial charge in [-0.3, -0.25) is 4.79 Å². The molecular formula is C22H34N2O5S. The molecule has 2 saturated heterocycles. The van der Waals surface area contributed by atoms with Gasteiger partial charge in [-0.05, 0) is 61.8 Å². The van der Waals surface area contributed by atoms with Gasteiger partial charge in [0.2, 0.25) is 10.0 Å². The van der Waals surface area contributed by atoms with Gasteiger partial charge in [-0.25, -0.2) is 8.42 Å². The highest BCUT2D eigenvalue weighted by Gasteiger charge is 2.29. The van der Waals surface area contributed by atoms with Crippen LogP contribution in [-0.2, 0) is 19.5 Å². The lowest BCUT2D eigenvalue weighted by atomic mass is 9.97. The van der Waals surface area contributed by atoms with Crippen LogP contribution in [0.3, 0.4) is 0 Å². The molecule has 0 spiro atoms. The summed E-state index contributed by atoms with van der Waals surface area (Å²) in [5, 5.41) is 0. The van der Waals surface area contributed by atoms with Crippen molar-refractivity contribution in [1.29, 1.82) is 0 Å². The second-order valence-corrected chi connectivity index (χ2v) is 10.4. The Morgan fingerprint density at radius 1 is 1.07 bits per heavy atom. The fourth-order valence-electron chi connectivity index (χ4n) is 4.16. The van der Waals surface area contributed by atoms with Gasteiger partial charge in [0.15, 0.2) is 0 Å². The van der Waals surface area contributed by atoms with Crippen molar-refractivity contribution < 1.29 is 22.7 Å². The normalized spacial score (nSPS) is 21.7. The number of ether oxygens (including phenoxy) is 2. The molecule has 0 N–H and O–H groups in total. The van der Waals surface area contributed by atoms with E-state index in [0.717, 1.165) is 25.7 Å². The number of carbonyl (C=O) groups is 1. The smallest absolute Gasteiger partial charge is 0.253 e. The molecule has 30 heavy (non-hydrogen) atoms. The molecule has 168 valence electrons. The number of sulfonamides is 1. The fraction of sp³-hybridized carbons (Fsp3) is 0.682. The summed E-state index contributed by atoms with van der Waals surface area (Å²) >= 11 is 0. The van der Waals surface area contributed by atoms with Gasteiger partial charge in [0.25, 0.3) is 5.91 Å². The van der Waals surface area contributed by atoms with Gasteiger partial charge < -0.3 is 14.4 Å². The monoisotopic (exact) mass is 438 g/mol. The number of methoxy groups -OCH3 is 1. The van der Waals surface area contributed by atoms with Crippen LogP contribution < -0.4 is 0 Å². The molecule has 2 fully saturated rings. The Labute approximate surface area is 180 Å². The lowest BCUT2D eigenvalue weighted by Crippen LogP contribution is -2.40. The number of likely N-dealkylation sites (tertiary alicyclic amines) is 1. The third-order valence-corrected chi connectivity index (χ3v) is 7.93. The van der Waals surface area contributed by atoms with Crippen molar-refractivity contribution >= 4 is 15.9 Å². The Balaban J connectivity index is 1.54. The molecular weight excluding hydrogens is 404 g/mol. The number of rotatable bonds is 8. The maximum Gasteiger partial charge on any atom is 0.253 e. The average molecular weight is 439 g/mol. The molecule has 0 aromatic heterocycles. The third kappa shape index (κ3) is 5.81. The summed E-state index contributed by atoms with van der Waals surface area (Å²) in [5.41, 5.74) is 0.538. The minimum atomic E-state index is -3.50. The van der Waals surface area contributed by atoms with E-state index < -0.39 is 10.0 Å². The zero-order valence-corrected chi connectivity index (χ0v) is 18.9. The van der Waals surface area contributed by atoms with Crippen molar-refractivity contribution in [2.24, 2.45) is 11.8 Å². The summed E-state index contributed by atoms with van der Waals surface area (Å²) in [5.74, 6) is 0.803. The summed E-state index contributed by atoms with van der Waals surface area (Å²) in [6.07, 6.45) is 3.79. The average Bonchev–Trinajstić information content (AvgIpc) is 2.77. The van der Waals surface area contributed by atoms with Crippen molar-refractivity contribution in [3.63, 3.8) is 0 Å². The molecule has 1 aromatic carbocycles. The summed E-state index contributed by atoms with van der Waals surface area (Å²) in [6.45, 7) is 6.50. The number of carbonyl (C=O) groups excluding carboxylic acids is 1. The van der Waals surface area contributed by atoms with Crippen molar-refractivity contribution in [3.05, 3.63) is 29.8 Å². The zero-order valence-electron chi connectivity index (χ0n) is 18.1. The third-order valence-electron chi connectivity index (χ3n) is 6.05. The van der Waals surface area contributed by atoms with Gasteiger partial charge in [0, 0.05) is 45.5 Å². The zero-order chi connectivity index (χ0) is 21.6. The molecule has 7 nitrogen and oxygen atoms in total. The predicted octanol–water partition coefficient (Wildman–Crippen LogP) is 2.62. The summed E-state index contributed by atoms with van der Waals surface area (Å²) in [4.78, 5) is 14.9. The molecule has 1 unspecified atom stereocenters. The maximum atomic E-state index is 12.9. The molecule has 1 aromatic rings. The van der Waals surface area contributed by atoms with E-state index in [9.17, 15) is 13.2 Å². The van der Waals surface area contributed by atoms with Crippen molar-refractivity contribution in [1.82, 2.24) is 9.21 Å². The number of hydrogen-bond acceptors (Lipinski definition) is 5. The van der Waals surface area contributed by atoms with Crippen LogP contribution in [0.5, 0.6) is 0 Å². The lowest BCUT2D eigenvalue weighted by molar-refractivity contribution is 0.0327. The summed E-state index contributed by atoms with van der Waals surface area (Å²) < 4.78 is 37.9. The number of piperidine rings is 2. The molecule has 1 atom stereocenters. The Kier molecular flexibility index (Phi) is 8.27. The van der Waals surface area contributed by atoms with E-state index in [4.69, 9.17) is 9.47 Å². The van der Waals surface area contributed by atoms with E-state index in [-0.39, 0.29) is 10.8 Å². The molecule has 2 aliphatic rings. The van der Waals surface area contributed by atoms with Crippen LogP contribution in [0.1, 0.15) is 43.0 Å². The van der Waals surface area contributed by atoms with Gasteiger partial charge >= 0.3 is 0 Å². The minimum absolute atomic E-state index is 0.0377. The Morgan fingerprint density at radius 2 is 1.77 bits per heavy atom. The van der Waals surface area contributed by atoms with Gasteiger partial charge in [-0.1, -0.05) is 6.92 Å². The van der Waals surface area contributed by atoms with Crippen LogP contribution in [0.2, 0.25) is 0 Å². The highest BCUT2D eigenvalue weighted by Crippen LogP contribution is 2.24. The standard InChI is InChI=1S/C22H34N2O5S/c1-18-4-3-11-24(16-18)30(26,27)21-7-5-20(6-8-21)22(25)23-12-9-19(10-13-23)17-29-15-14-28-2/h5-8,18-19H,3-4,9-17H2,1-2H3. The molecule has 0 radical (unpaired) electrons. The lowest BCUT2D eigenvalue weighted by Gasteiger charge is -2.32. The minimum Gasteiger partial charge on any atom is -0.382 e. The number of nitrogens with zero attached hydrogens (tertiary/aromatic N) is 2. The second-order valence-electron chi connectivity index (χ2n) is 8.44. The van der Waals surface area contributed by atoms with Crippen molar-refractivity contribution in [2.45, 2.75) is 37.5 Å². The van der Waals surface area contributed by atoms with E-state index >= 15 is 0 Å². The van der Waals surface area contributed by atoms with Gasteiger partial charge in [0.05, 0.1) is 18.1 Å². The molecule has 8 heteroatoms. The first-order valence-electron chi connectivity index (χ1n) is 10.9. The van der Waals surface area contributed by atoms with Crippen LogP contribution in [0.25, 0.3) is 0 Å². The number of hydrogen-bond donors (Lipinski definition) is 0. The number of amides is 1. The molecule has 1 amide bonds. The van der Waals surface area contributed by atoms with Gasteiger partial charge in [-0.2, -0.15) is 4.31 Å². The molecule has 3 rings (SSSR count). The molecule has 2 heterocycles. The van der Waals surface area contributed by atoms with Crippen LogP contribution in [0.15, 0.2) is 29.2 Å². The topological polar surface area (TPSA) is 76.1 Å². The van der Waals surface area contributed by atoms with E-state index in [1.54, 1.807) is 35.7 Å². The van der Waals surface area contributed by atoms with Crippen LogP contribution >= 0.6 is 0 Å². The van der Waals surface area contributed by atoms with Crippen molar-refractivity contribution in [3.8, 4) is 0 Å². The van der Waals surface area contributed by atoms with Crippen molar-refractivity contribution in [2.75, 3.05) is 53.1 Å². The molecule has 0 bridgehead atoms. The SMILES string of the molecule is COCCOCC1CCN(C(=O)c2ccc(S(=O)(=O)N3CCCC(C)C3)cc2)CC1. The van der Waals surface area contributed by atoms with Crippen LogP contribution in [0.4, 0.5) is 0 Å². The predicted molar refractivity (Wildman–Crippen MR) is 115 cm³/mol. The first-order chi connectivity index (χ1) is 14.4.